The van der Waals surface area contributed by atoms with Crippen LogP contribution in [0.3, 0.4) is 0 Å². The highest BCUT2D eigenvalue weighted by Crippen LogP contribution is 2.32. The van der Waals surface area contributed by atoms with Gasteiger partial charge in [-0.25, -0.2) is 4.39 Å². The maximum atomic E-state index is 13.5. The molecule has 0 bridgehead atoms. The Balaban J connectivity index is 0.00000200. The number of nitriles is 1. The highest BCUT2D eigenvalue weighted by molar-refractivity contribution is 5.85. The van der Waals surface area contributed by atoms with Crippen molar-refractivity contribution in [2.75, 3.05) is 33.3 Å². The van der Waals surface area contributed by atoms with Gasteiger partial charge in [-0.05, 0) is 18.2 Å². The van der Waals surface area contributed by atoms with Gasteiger partial charge in [0.1, 0.15) is 11.6 Å². The van der Waals surface area contributed by atoms with E-state index in [1.54, 1.807) is 13.2 Å². The van der Waals surface area contributed by atoms with Crippen molar-refractivity contribution >= 4 is 24.8 Å². The fraction of sp³-hybridized carbons (Fsp3) is 0.500. The molecular weight excluding hydrogens is 316 g/mol. The lowest BCUT2D eigenvalue weighted by molar-refractivity contribution is 0.172. The van der Waals surface area contributed by atoms with Crippen LogP contribution in [-0.2, 0) is 0 Å². The van der Waals surface area contributed by atoms with Crippen LogP contribution in [0.25, 0.3) is 0 Å². The van der Waals surface area contributed by atoms with Crippen LogP contribution in [0.4, 0.5) is 4.39 Å². The van der Waals surface area contributed by atoms with Crippen molar-refractivity contribution in [3.05, 3.63) is 29.6 Å². The number of piperazine rings is 1. The lowest BCUT2D eigenvalue weighted by Gasteiger charge is -2.34. The van der Waals surface area contributed by atoms with Crippen LogP contribution in [0.15, 0.2) is 18.2 Å². The van der Waals surface area contributed by atoms with Crippen LogP contribution < -0.4 is 10.1 Å². The van der Waals surface area contributed by atoms with Crippen molar-refractivity contribution < 1.29 is 9.13 Å². The van der Waals surface area contributed by atoms with Gasteiger partial charge < -0.3 is 10.1 Å². The molecule has 4 nitrogen and oxygen atoms in total. The lowest BCUT2D eigenvalue weighted by Crippen LogP contribution is -2.45. The summed E-state index contributed by atoms with van der Waals surface area (Å²) in [4.78, 5) is 2.21. The molecule has 2 rings (SSSR count). The summed E-state index contributed by atoms with van der Waals surface area (Å²) in [6.07, 6.45) is 0.333. The number of hydrogen-bond donors (Lipinski definition) is 1. The van der Waals surface area contributed by atoms with E-state index >= 15 is 0 Å². The monoisotopic (exact) mass is 335 g/mol. The third kappa shape index (κ3) is 5.01. The molecule has 0 saturated carbocycles. The zero-order chi connectivity index (χ0) is 13.7. The SMILES string of the molecule is COc1ccc(F)cc1[C@@H](CC#N)N1CCNCC1.Cl.Cl. The first kappa shape index (κ1) is 19.9. The third-order valence-electron chi connectivity index (χ3n) is 3.43. The Kier molecular flexibility index (Phi) is 9.31. The molecule has 1 heterocycles. The molecule has 1 fully saturated rings. The van der Waals surface area contributed by atoms with E-state index in [0.29, 0.717) is 12.2 Å². The molecule has 118 valence electrons. The second-order valence-corrected chi connectivity index (χ2v) is 4.55. The minimum absolute atomic E-state index is 0. The summed E-state index contributed by atoms with van der Waals surface area (Å²) >= 11 is 0. The Hall–Kier alpha value is -1.06. The molecule has 0 aliphatic carbocycles. The van der Waals surface area contributed by atoms with Gasteiger partial charge in [-0.2, -0.15) is 5.26 Å². The average molecular weight is 336 g/mol. The summed E-state index contributed by atoms with van der Waals surface area (Å²) in [5, 5.41) is 12.3. The first-order valence-corrected chi connectivity index (χ1v) is 6.41. The fourth-order valence-corrected chi connectivity index (χ4v) is 2.48. The van der Waals surface area contributed by atoms with Crippen LogP contribution in [0.2, 0.25) is 0 Å². The number of methoxy groups -OCH3 is 1. The van der Waals surface area contributed by atoms with Gasteiger partial charge in [-0.3, -0.25) is 4.90 Å². The largest absolute Gasteiger partial charge is 0.496 e. The standard InChI is InChI=1S/C14H18FN3O.2ClH/c1-19-14-3-2-11(15)10-12(14)13(4-5-16)18-8-6-17-7-9-18;;/h2-3,10,13,17H,4,6-9H2,1H3;2*1H/t13-;;/m1../s1. The highest BCUT2D eigenvalue weighted by Gasteiger charge is 2.25. The van der Waals surface area contributed by atoms with Gasteiger partial charge in [0.05, 0.1) is 25.6 Å². The molecule has 1 aromatic rings. The molecule has 0 aromatic heterocycles. The average Bonchev–Trinajstić information content (AvgIpc) is 2.45. The normalized spacial score (nSPS) is 16.0. The number of ether oxygens (including phenoxy) is 1. The summed E-state index contributed by atoms with van der Waals surface area (Å²) in [6.45, 7) is 3.48. The van der Waals surface area contributed by atoms with E-state index in [4.69, 9.17) is 10.00 Å². The van der Waals surface area contributed by atoms with Crippen molar-refractivity contribution in [2.45, 2.75) is 12.5 Å². The molecule has 0 unspecified atom stereocenters. The quantitative estimate of drug-likeness (QED) is 0.918. The molecule has 1 atom stereocenters. The van der Waals surface area contributed by atoms with Crippen molar-refractivity contribution in [1.82, 2.24) is 10.2 Å². The van der Waals surface area contributed by atoms with Crippen LogP contribution in [0.1, 0.15) is 18.0 Å². The molecule has 1 aliphatic heterocycles. The highest BCUT2D eigenvalue weighted by atomic mass is 35.5. The van der Waals surface area contributed by atoms with E-state index in [-0.39, 0.29) is 36.7 Å². The summed E-state index contributed by atoms with van der Waals surface area (Å²) in [5.74, 6) is 0.342. The number of hydrogen-bond acceptors (Lipinski definition) is 4. The predicted molar refractivity (Wildman–Crippen MR) is 84.9 cm³/mol. The summed E-state index contributed by atoms with van der Waals surface area (Å²) in [7, 11) is 1.57. The maximum Gasteiger partial charge on any atom is 0.123 e. The molecule has 1 saturated heterocycles. The number of benzene rings is 1. The first-order chi connectivity index (χ1) is 9.26. The lowest BCUT2D eigenvalue weighted by atomic mass is 10.0. The molecule has 0 radical (unpaired) electrons. The van der Waals surface area contributed by atoms with E-state index in [1.165, 1.54) is 12.1 Å². The van der Waals surface area contributed by atoms with Crippen LogP contribution in [-0.4, -0.2) is 38.2 Å². The molecule has 7 heteroatoms. The van der Waals surface area contributed by atoms with Crippen LogP contribution in [0.5, 0.6) is 5.75 Å². The van der Waals surface area contributed by atoms with Crippen molar-refractivity contribution in [1.29, 1.82) is 5.26 Å². The molecule has 0 amide bonds. The summed E-state index contributed by atoms with van der Waals surface area (Å²) in [5.41, 5.74) is 0.756. The van der Waals surface area contributed by atoms with Gasteiger partial charge in [-0.15, -0.1) is 24.8 Å². The smallest absolute Gasteiger partial charge is 0.123 e. The second kappa shape index (κ2) is 9.80. The molecule has 21 heavy (non-hydrogen) atoms. The van der Waals surface area contributed by atoms with Crippen molar-refractivity contribution in [2.24, 2.45) is 0 Å². The topological polar surface area (TPSA) is 48.3 Å². The molecule has 1 N–H and O–H groups in total. The minimum atomic E-state index is -0.297. The van der Waals surface area contributed by atoms with Gasteiger partial charge in [0.15, 0.2) is 0 Å². The van der Waals surface area contributed by atoms with Crippen LogP contribution >= 0.6 is 24.8 Å². The number of halogens is 3. The molecule has 0 spiro atoms. The van der Waals surface area contributed by atoms with Gasteiger partial charge in [0.25, 0.3) is 0 Å². The first-order valence-electron chi connectivity index (χ1n) is 6.41. The zero-order valence-electron chi connectivity index (χ0n) is 11.8. The molecule has 1 aromatic carbocycles. The Labute approximate surface area is 137 Å². The summed E-state index contributed by atoms with van der Waals surface area (Å²) in [6, 6.07) is 6.56. The van der Waals surface area contributed by atoms with E-state index in [2.05, 4.69) is 16.3 Å². The van der Waals surface area contributed by atoms with Gasteiger partial charge >= 0.3 is 0 Å². The van der Waals surface area contributed by atoms with Crippen molar-refractivity contribution in [3.63, 3.8) is 0 Å². The Morgan fingerprint density at radius 1 is 1.38 bits per heavy atom. The number of nitrogens with one attached hydrogen (secondary N) is 1. The van der Waals surface area contributed by atoms with Gasteiger partial charge in [-0.1, -0.05) is 0 Å². The molecule has 1 aliphatic rings. The van der Waals surface area contributed by atoms with Crippen molar-refractivity contribution in [3.8, 4) is 11.8 Å². The van der Waals surface area contributed by atoms with Crippen LogP contribution in [0, 0.1) is 17.1 Å². The predicted octanol–water partition coefficient (Wildman–Crippen LogP) is 2.54. The Bertz CT molecular complexity index is 476. The molecular formula is C14H20Cl2FN3O. The van der Waals surface area contributed by atoms with E-state index < -0.39 is 0 Å². The summed E-state index contributed by atoms with van der Waals surface area (Å²) < 4.78 is 18.8. The fourth-order valence-electron chi connectivity index (χ4n) is 2.48. The van der Waals surface area contributed by atoms with E-state index in [9.17, 15) is 4.39 Å². The minimum Gasteiger partial charge on any atom is -0.496 e. The third-order valence-corrected chi connectivity index (χ3v) is 3.43. The van der Waals surface area contributed by atoms with E-state index in [1.807, 2.05) is 0 Å². The second-order valence-electron chi connectivity index (χ2n) is 4.55. The van der Waals surface area contributed by atoms with E-state index in [0.717, 1.165) is 31.7 Å². The zero-order valence-corrected chi connectivity index (χ0v) is 13.5. The van der Waals surface area contributed by atoms with Gasteiger partial charge in [0, 0.05) is 31.7 Å². The van der Waals surface area contributed by atoms with Gasteiger partial charge in [0.2, 0.25) is 0 Å². The number of rotatable bonds is 4. The maximum absolute atomic E-state index is 13.5. The Morgan fingerprint density at radius 3 is 2.62 bits per heavy atom. The number of nitrogens with zero attached hydrogens (tertiary/aromatic N) is 2. The Morgan fingerprint density at radius 2 is 2.05 bits per heavy atom.